The van der Waals surface area contributed by atoms with Gasteiger partial charge in [0.05, 0.1) is 5.69 Å². The monoisotopic (exact) mass is 315 g/mol. The molecule has 1 saturated heterocycles. The molecule has 1 atom stereocenters. The molecule has 0 bridgehead atoms. The maximum Gasteiger partial charge on any atom is 0.325 e. The number of anilines is 1. The number of hydrogen-bond acceptors (Lipinski definition) is 5. The summed E-state index contributed by atoms with van der Waals surface area (Å²) in [6.07, 6.45) is 5.61. The van der Waals surface area contributed by atoms with E-state index >= 15 is 0 Å². The molecule has 122 valence electrons. The first kappa shape index (κ1) is 15.5. The fraction of sp³-hybridized carbons (Fsp3) is 0.438. The van der Waals surface area contributed by atoms with Gasteiger partial charge in [0.1, 0.15) is 12.4 Å². The summed E-state index contributed by atoms with van der Waals surface area (Å²) in [7, 11) is 0. The summed E-state index contributed by atoms with van der Waals surface area (Å²) in [6.45, 7) is 2.62. The number of aromatic nitrogens is 3. The third kappa shape index (κ3) is 3.87. The minimum absolute atomic E-state index is 0.0946. The number of aliphatic carboxylic acids is 1. The van der Waals surface area contributed by atoms with Crippen LogP contribution in [-0.4, -0.2) is 43.8 Å². The van der Waals surface area contributed by atoms with Crippen molar-refractivity contribution >= 4 is 11.8 Å². The van der Waals surface area contributed by atoms with Crippen LogP contribution in [0.1, 0.15) is 30.0 Å². The van der Waals surface area contributed by atoms with E-state index in [1.807, 2.05) is 18.2 Å². The van der Waals surface area contributed by atoms with Crippen LogP contribution in [0.4, 0.5) is 5.82 Å². The van der Waals surface area contributed by atoms with Crippen LogP contribution in [0.25, 0.3) is 0 Å². The fourth-order valence-electron chi connectivity index (χ4n) is 3.09. The molecular formula is C16H21N5O2. The van der Waals surface area contributed by atoms with Crippen LogP contribution in [-0.2, 0) is 17.9 Å². The van der Waals surface area contributed by atoms with Crippen molar-refractivity contribution in [1.29, 1.82) is 0 Å². The first-order valence-electron chi connectivity index (χ1n) is 7.78. The molecule has 1 aliphatic heterocycles. The van der Waals surface area contributed by atoms with Crippen molar-refractivity contribution in [2.24, 2.45) is 0 Å². The van der Waals surface area contributed by atoms with E-state index in [4.69, 9.17) is 10.8 Å². The maximum absolute atomic E-state index is 10.8. The highest BCUT2D eigenvalue weighted by Gasteiger charge is 2.23. The Balaban J connectivity index is 1.65. The van der Waals surface area contributed by atoms with Crippen LogP contribution < -0.4 is 5.73 Å². The van der Waals surface area contributed by atoms with Gasteiger partial charge in [-0.2, -0.15) is 5.10 Å². The van der Waals surface area contributed by atoms with E-state index < -0.39 is 5.97 Å². The Hall–Kier alpha value is -2.41. The predicted molar refractivity (Wildman–Crippen MR) is 85.8 cm³/mol. The lowest BCUT2D eigenvalue weighted by Crippen LogP contribution is -2.34. The molecule has 0 spiro atoms. The van der Waals surface area contributed by atoms with E-state index in [1.165, 1.54) is 4.68 Å². The Morgan fingerprint density at radius 3 is 3.09 bits per heavy atom. The summed E-state index contributed by atoms with van der Waals surface area (Å²) in [5, 5.41) is 13.2. The second-order valence-corrected chi connectivity index (χ2v) is 5.95. The van der Waals surface area contributed by atoms with Gasteiger partial charge in [-0.25, -0.2) is 4.98 Å². The molecule has 23 heavy (non-hydrogen) atoms. The summed E-state index contributed by atoms with van der Waals surface area (Å²) in [5.74, 6) is 0.0361. The van der Waals surface area contributed by atoms with Gasteiger partial charge in [-0.15, -0.1) is 0 Å². The maximum atomic E-state index is 10.8. The fourth-order valence-corrected chi connectivity index (χ4v) is 3.09. The molecule has 3 N–H and O–H groups in total. The van der Waals surface area contributed by atoms with Crippen molar-refractivity contribution in [3.8, 4) is 0 Å². The van der Waals surface area contributed by atoms with Gasteiger partial charge >= 0.3 is 5.97 Å². The van der Waals surface area contributed by atoms with Gasteiger partial charge in [0.2, 0.25) is 0 Å². The van der Waals surface area contributed by atoms with Crippen molar-refractivity contribution in [3.05, 3.63) is 41.9 Å². The average molecular weight is 315 g/mol. The smallest absolute Gasteiger partial charge is 0.325 e. The van der Waals surface area contributed by atoms with Crippen molar-refractivity contribution in [3.63, 3.8) is 0 Å². The molecule has 1 fully saturated rings. The summed E-state index contributed by atoms with van der Waals surface area (Å²) in [4.78, 5) is 17.2. The van der Waals surface area contributed by atoms with Crippen molar-refractivity contribution in [2.75, 3.05) is 18.8 Å². The SMILES string of the molecule is Nc1ncccc1CN1CCC[C@@H](c2ccn(CC(=O)O)n2)C1. The lowest BCUT2D eigenvalue weighted by atomic mass is 9.94. The van der Waals surface area contributed by atoms with E-state index in [-0.39, 0.29) is 6.54 Å². The van der Waals surface area contributed by atoms with Gasteiger partial charge < -0.3 is 10.8 Å². The standard InChI is InChI=1S/C16H21N5O2/c17-16-13(3-1-6-18-16)10-20-7-2-4-12(9-20)14-5-8-21(19-14)11-15(22)23/h1,3,5-6,8,12H,2,4,7,9-11H2,(H2,17,18)(H,22,23)/t12-/m1/s1. The molecule has 0 radical (unpaired) electrons. The molecule has 0 aromatic carbocycles. The molecule has 0 aliphatic carbocycles. The Morgan fingerprint density at radius 2 is 2.30 bits per heavy atom. The highest BCUT2D eigenvalue weighted by atomic mass is 16.4. The summed E-state index contributed by atoms with van der Waals surface area (Å²) < 4.78 is 1.48. The molecule has 0 saturated carbocycles. The Morgan fingerprint density at radius 1 is 1.43 bits per heavy atom. The molecule has 3 heterocycles. The third-order valence-corrected chi connectivity index (χ3v) is 4.20. The second-order valence-electron chi connectivity index (χ2n) is 5.95. The molecule has 1 aliphatic rings. The zero-order chi connectivity index (χ0) is 16.2. The minimum atomic E-state index is -0.878. The molecule has 2 aromatic heterocycles. The van der Waals surface area contributed by atoms with E-state index in [0.717, 1.165) is 43.7 Å². The number of likely N-dealkylation sites (tertiary alicyclic amines) is 1. The molecule has 3 rings (SSSR count). The van der Waals surface area contributed by atoms with Gasteiger partial charge in [-0.05, 0) is 31.5 Å². The first-order valence-corrected chi connectivity index (χ1v) is 7.78. The van der Waals surface area contributed by atoms with Crippen LogP contribution in [0.5, 0.6) is 0 Å². The number of piperidine rings is 1. The van der Waals surface area contributed by atoms with Gasteiger partial charge in [-0.1, -0.05) is 6.07 Å². The highest BCUT2D eigenvalue weighted by Crippen LogP contribution is 2.27. The van der Waals surface area contributed by atoms with E-state index in [1.54, 1.807) is 12.4 Å². The number of nitrogens with zero attached hydrogens (tertiary/aromatic N) is 4. The number of carboxylic acid groups (broad SMARTS) is 1. The molecule has 7 heteroatoms. The lowest BCUT2D eigenvalue weighted by molar-refractivity contribution is -0.137. The third-order valence-electron chi connectivity index (χ3n) is 4.20. The first-order chi connectivity index (χ1) is 11.1. The molecule has 2 aromatic rings. The Bertz CT molecular complexity index is 685. The highest BCUT2D eigenvalue weighted by molar-refractivity contribution is 5.66. The van der Waals surface area contributed by atoms with Crippen LogP contribution in [0.2, 0.25) is 0 Å². The minimum Gasteiger partial charge on any atom is -0.480 e. The number of nitrogens with two attached hydrogens (primary N) is 1. The van der Waals surface area contributed by atoms with Crippen LogP contribution in [0.15, 0.2) is 30.6 Å². The van der Waals surface area contributed by atoms with Crippen LogP contribution in [0, 0.1) is 0 Å². The van der Waals surface area contributed by atoms with Gasteiger partial charge in [-0.3, -0.25) is 14.4 Å². The summed E-state index contributed by atoms with van der Waals surface area (Å²) in [6, 6.07) is 5.84. The second kappa shape index (κ2) is 6.78. The van der Waals surface area contributed by atoms with Crippen LogP contribution >= 0.6 is 0 Å². The quantitative estimate of drug-likeness (QED) is 0.864. The van der Waals surface area contributed by atoms with Crippen LogP contribution in [0.3, 0.4) is 0 Å². The predicted octanol–water partition coefficient (Wildman–Crippen LogP) is 1.32. The molecule has 0 unspecified atom stereocenters. The topological polar surface area (TPSA) is 97.3 Å². The average Bonchev–Trinajstić information content (AvgIpc) is 2.98. The molecule has 0 amide bonds. The zero-order valence-corrected chi connectivity index (χ0v) is 12.9. The molecule has 7 nitrogen and oxygen atoms in total. The Kier molecular flexibility index (Phi) is 4.57. The van der Waals surface area contributed by atoms with E-state index in [9.17, 15) is 4.79 Å². The Labute approximate surface area is 134 Å². The largest absolute Gasteiger partial charge is 0.480 e. The number of carbonyl (C=O) groups is 1. The normalized spacial score (nSPS) is 18.9. The summed E-state index contributed by atoms with van der Waals surface area (Å²) in [5.41, 5.74) is 7.94. The van der Waals surface area contributed by atoms with Crippen molar-refractivity contribution < 1.29 is 9.90 Å². The lowest BCUT2D eigenvalue weighted by Gasteiger charge is -2.32. The number of carboxylic acids is 1. The van der Waals surface area contributed by atoms with Gasteiger partial charge in [0.15, 0.2) is 0 Å². The number of nitrogen functional groups attached to an aromatic ring is 1. The number of pyridine rings is 1. The van der Waals surface area contributed by atoms with E-state index in [2.05, 4.69) is 15.0 Å². The number of hydrogen-bond donors (Lipinski definition) is 2. The van der Waals surface area contributed by atoms with Crippen molar-refractivity contribution in [1.82, 2.24) is 19.7 Å². The molecular weight excluding hydrogens is 294 g/mol. The zero-order valence-electron chi connectivity index (χ0n) is 12.9. The number of rotatable bonds is 5. The summed E-state index contributed by atoms with van der Waals surface area (Å²) >= 11 is 0. The van der Waals surface area contributed by atoms with E-state index in [0.29, 0.717) is 11.7 Å². The van der Waals surface area contributed by atoms with Gasteiger partial charge in [0.25, 0.3) is 0 Å². The van der Waals surface area contributed by atoms with Crippen molar-refractivity contribution in [2.45, 2.75) is 31.8 Å². The van der Waals surface area contributed by atoms with Gasteiger partial charge in [0, 0.05) is 37.0 Å².